The number of nitrogens with two attached hydrogens (primary N) is 1. The van der Waals surface area contributed by atoms with E-state index in [2.05, 4.69) is 0 Å². The van der Waals surface area contributed by atoms with E-state index in [1.807, 2.05) is 6.92 Å². The maximum absolute atomic E-state index is 12.2. The Morgan fingerprint density at radius 1 is 1.44 bits per heavy atom. The molecule has 5 heteroatoms. The number of carbonyl (C=O) groups excluding carboxylic acids is 1. The van der Waals surface area contributed by atoms with Crippen LogP contribution in [-0.2, 0) is 0 Å². The Labute approximate surface area is 107 Å². The topological polar surface area (TPSA) is 75.8 Å². The molecule has 1 rings (SSSR count). The summed E-state index contributed by atoms with van der Waals surface area (Å²) in [5, 5.41) is 8.96. The van der Waals surface area contributed by atoms with E-state index < -0.39 is 0 Å². The van der Waals surface area contributed by atoms with Gasteiger partial charge in [0.15, 0.2) is 0 Å². The molecule has 0 spiro atoms. The molecule has 0 bridgehead atoms. The zero-order chi connectivity index (χ0) is 13.5. The number of carbonyl (C=O) groups is 1. The molecule has 0 aromatic heterocycles. The number of benzene rings is 1. The van der Waals surface area contributed by atoms with Crippen LogP contribution in [0.25, 0.3) is 0 Å². The second kappa shape index (κ2) is 6.86. The number of hydrogen-bond donors (Lipinski definition) is 2. The highest BCUT2D eigenvalue weighted by atomic mass is 16.5. The molecule has 0 fully saturated rings. The van der Waals surface area contributed by atoms with Gasteiger partial charge >= 0.3 is 0 Å². The summed E-state index contributed by atoms with van der Waals surface area (Å²) in [6, 6.07) is 4.95. The van der Waals surface area contributed by atoms with E-state index in [4.69, 9.17) is 15.6 Å². The van der Waals surface area contributed by atoms with Crippen LogP contribution in [0.2, 0.25) is 0 Å². The molecule has 1 aromatic carbocycles. The lowest BCUT2D eigenvalue weighted by molar-refractivity contribution is 0.0722. The zero-order valence-corrected chi connectivity index (χ0v) is 10.8. The van der Waals surface area contributed by atoms with E-state index in [0.717, 1.165) is 6.42 Å². The molecule has 0 aliphatic rings. The minimum atomic E-state index is -0.125. The molecule has 0 atom stereocenters. The first-order chi connectivity index (χ1) is 8.63. The molecule has 0 aliphatic heterocycles. The molecule has 1 amide bonds. The monoisotopic (exact) mass is 252 g/mol. The van der Waals surface area contributed by atoms with Crippen LogP contribution in [0.1, 0.15) is 23.7 Å². The number of rotatable bonds is 6. The van der Waals surface area contributed by atoms with Gasteiger partial charge in [-0.05, 0) is 24.6 Å². The van der Waals surface area contributed by atoms with Crippen molar-refractivity contribution in [3.63, 3.8) is 0 Å². The summed E-state index contributed by atoms with van der Waals surface area (Å²) in [6.45, 7) is 2.89. The highest BCUT2D eigenvalue weighted by molar-refractivity contribution is 5.95. The standard InChI is InChI=1S/C13H20N2O3/c1-3-6-15(7-8-16)13(17)10-4-5-12(18-2)11(14)9-10/h4-5,9,16H,3,6-8,14H2,1-2H3. The number of nitrogens with zero attached hydrogens (tertiary/aromatic N) is 1. The van der Waals surface area contributed by atoms with Crippen LogP contribution in [0, 0.1) is 0 Å². The number of methoxy groups -OCH3 is 1. The first kappa shape index (κ1) is 14.3. The first-order valence-electron chi connectivity index (χ1n) is 5.97. The van der Waals surface area contributed by atoms with E-state index in [-0.39, 0.29) is 12.5 Å². The smallest absolute Gasteiger partial charge is 0.254 e. The molecule has 1 aromatic rings. The number of nitrogen functional groups attached to an aromatic ring is 1. The molecule has 0 radical (unpaired) electrons. The van der Waals surface area contributed by atoms with Gasteiger partial charge in [0.2, 0.25) is 0 Å². The lowest BCUT2D eigenvalue weighted by Crippen LogP contribution is -2.34. The van der Waals surface area contributed by atoms with Gasteiger partial charge in [-0.3, -0.25) is 4.79 Å². The largest absolute Gasteiger partial charge is 0.495 e. The van der Waals surface area contributed by atoms with Gasteiger partial charge < -0.3 is 20.5 Å². The fraction of sp³-hybridized carbons (Fsp3) is 0.462. The van der Waals surface area contributed by atoms with E-state index in [1.54, 1.807) is 23.1 Å². The van der Waals surface area contributed by atoms with Gasteiger partial charge in [0.25, 0.3) is 5.91 Å². The minimum absolute atomic E-state index is 0.0443. The highest BCUT2D eigenvalue weighted by Gasteiger charge is 2.15. The number of hydrogen-bond acceptors (Lipinski definition) is 4. The molecule has 100 valence electrons. The van der Waals surface area contributed by atoms with Crippen molar-refractivity contribution in [1.29, 1.82) is 0 Å². The Morgan fingerprint density at radius 2 is 2.17 bits per heavy atom. The quantitative estimate of drug-likeness (QED) is 0.744. The number of aliphatic hydroxyl groups is 1. The Bertz CT molecular complexity index is 401. The summed E-state index contributed by atoms with van der Waals surface area (Å²) in [7, 11) is 1.53. The van der Waals surface area contributed by atoms with Crippen molar-refractivity contribution in [3.8, 4) is 5.75 Å². The summed E-state index contributed by atoms with van der Waals surface area (Å²) < 4.78 is 5.05. The van der Waals surface area contributed by atoms with Gasteiger partial charge in [-0.15, -0.1) is 0 Å². The predicted molar refractivity (Wildman–Crippen MR) is 70.7 cm³/mol. The van der Waals surface area contributed by atoms with Crippen molar-refractivity contribution >= 4 is 11.6 Å². The Balaban J connectivity index is 2.90. The second-order valence-electron chi connectivity index (χ2n) is 3.97. The lowest BCUT2D eigenvalue weighted by atomic mass is 10.1. The maximum atomic E-state index is 12.2. The summed E-state index contributed by atoms with van der Waals surface area (Å²) in [4.78, 5) is 13.8. The highest BCUT2D eigenvalue weighted by Crippen LogP contribution is 2.22. The predicted octanol–water partition coefficient (Wildman–Crippen LogP) is 1.12. The third-order valence-corrected chi connectivity index (χ3v) is 2.63. The van der Waals surface area contributed by atoms with Crippen molar-refractivity contribution in [3.05, 3.63) is 23.8 Å². The zero-order valence-electron chi connectivity index (χ0n) is 10.8. The maximum Gasteiger partial charge on any atom is 0.254 e. The van der Waals surface area contributed by atoms with Crippen LogP contribution < -0.4 is 10.5 Å². The van der Waals surface area contributed by atoms with Crippen LogP contribution >= 0.6 is 0 Å². The molecule has 3 N–H and O–H groups in total. The number of ether oxygens (including phenoxy) is 1. The Morgan fingerprint density at radius 3 is 2.67 bits per heavy atom. The molecule has 0 heterocycles. The van der Waals surface area contributed by atoms with E-state index in [1.165, 1.54) is 7.11 Å². The van der Waals surface area contributed by atoms with Gasteiger partial charge in [0.1, 0.15) is 5.75 Å². The molecule has 5 nitrogen and oxygen atoms in total. The summed E-state index contributed by atoms with van der Waals surface area (Å²) in [5.74, 6) is 0.427. The molecule has 0 saturated carbocycles. The summed E-state index contributed by atoms with van der Waals surface area (Å²) >= 11 is 0. The van der Waals surface area contributed by atoms with Crippen LogP contribution in [0.5, 0.6) is 5.75 Å². The molecule has 0 unspecified atom stereocenters. The van der Waals surface area contributed by atoms with Gasteiger partial charge in [-0.1, -0.05) is 6.92 Å². The number of amides is 1. The van der Waals surface area contributed by atoms with Crippen LogP contribution in [0.4, 0.5) is 5.69 Å². The molecule has 0 aliphatic carbocycles. The molecular weight excluding hydrogens is 232 g/mol. The van der Waals surface area contributed by atoms with Crippen LogP contribution in [0.15, 0.2) is 18.2 Å². The van der Waals surface area contributed by atoms with E-state index in [9.17, 15) is 4.79 Å². The number of anilines is 1. The van der Waals surface area contributed by atoms with Crippen LogP contribution in [-0.4, -0.2) is 42.7 Å². The Kier molecular flexibility index (Phi) is 5.45. The van der Waals surface area contributed by atoms with Crippen molar-refractivity contribution in [2.45, 2.75) is 13.3 Å². The minimum Gasteiger partial charge on any atom is -0.495 e. The Hall–Kier alpha value is -1.75. The van der Waals surface area contributed by atoms with Crippen LogP contribution in [0.3, 0.4) is 0 Å². The summed E-state index contributed by atoms with van der Waals surface area (Å²) in [6.07, 6.45) is 0.845. The second-order valence-corrected chi connectivity index (χ2v) is 3.97. The van der Waals surface area contributed by atoms with Gasteiger partial charge in [0, 0.05) is 18.7 Å². The van der Waals surface area contributed by atoms with E-state index in [0.29, 0.717) is 30.1 Å². The van der Waals surface area contributed by atoms with Crippen molar-refractivity contribution in [1.82, 2.24) is 4.90 Å². The normalized spacial score (nSPS) is 10.2. The summed E-state index contributed by atoms with van der Waals surface area (Å²) in [5.41, 5.74) is 6.72. The third-order valence-electron chi connectivity index (χ3n) is 2.63. The average Bonchev–Trinajstić information content (AvgIpc) is 2.37. The third kappa shape index (κ3) is 3.37. The first-order valence-corrected chi connectivity index (χ1v) is 5.97. The van der Waals surface area contributed by atoms with Gasteiger partial charge in [-0.25, -0.2) is 0 Å². The van der Waals surface area contributed by atoms with Gasteiger partial charge in [-0.2, -0.15) is 0 Å². The molecule has 18 heavy (non-hydrogen) atoms. The average molecular weight is 252 g/mol. The molecular formula is C13H20N2O3. The van der Waals surface area contributed by atoms with E-state index >= 15 is 0 Å². The van der Waals surface area contributed by atoms with Crippen molar-refractivity contribution < 1.29 is 14.6 Å². The SMILES string of the molecule is CCCN(CCO)C(=O)c1ccc(OC)c(N)c1. The fourth-order valence-electron chi connectivity index (χ4n) is 1.76. The van der Waals surface area contributed by atoms with Crippen molar-refractivity contribution in [2.75, 3.05) is 32.5 Å². The number of aliphatic hydroxyl groups excluding tert-OH is 1. The molecule has 0 saturated heterocycles. The van der Waals surface area contributed by atoms with Crippen molar-refractivity contribution in [2.24, 2.45) is 0 Å². The fourth-order valence-corrected chi connectivity index (χ4v) is 1.76. The lowest BCUT2D eigenvalue weighted by Gasteiger charge is -2.21. The van der Waals surface area contributed by atoms with Gasteiger partial charge in [0.05, 0.1) is 19.4 Å².